The zero-order valence-corrected chi connectivity index (χ0v) is 13.3. The van der Waals surface area contributed by atoms with Gasteiger partial charge < -0.3 is 10.5 Å². The van der Waals surface area contributed by atoms with Crippen LogP contribution in [-0.2, 0) is 21.1 Å². The molecule has 1 saturated heterocycles. The molecule has 1 atom stereocenters. The van der Waals surface area contributed by atoms with E-state index in [0.717, 1.165) is 18.5 Å². The lowest BCUT2D eigenvalue weighted by Gasteiger charge is -2.34. The molecule has 1 aliphatic heterocycles. The molecule has 1 aromatic rings. The Bertz CT molecular complexity index is 560. The van der Waals surface area contributed by atoms with E-state index >= 15 is 0 Å². The number of sulfone groups is 1. The monoisotopic (exact) mass is 312 g/mol. The summed E-state index contributed by atoms with van der Waals surface area (Å²) in [6, 6.07) is 7.23. The van der Waals surface area contributed by atoms with Gasteiger partial charge in [-0.2, -0.15) is 0 Å². The van der Waals surface area contributed by atoms with Gasteiger partial charge in [0.2, 0.25) is 0 Å². The summed E-state index contributed by atoms with van der Waals surface area (Å²) < 4.78 is 30.3. The molecule has 0 radical (unpaired) electrons. The van der Waals surface area contributed by atoms with Crippen molar-refractivity contribution in [2.45, 2.75) is 30.8 Å². The summed E-state index contributed by atoms with van der Waals surface area (Å²) in [5.74, 6) is 0.136. The minimum Gasteiger partial charge on any atom is -0.378 e. The van der Waals surface area contributed by atoms with Crippen molar-refractivity contribution in [3.8, 4) is 0 Å². The van der Waals surface area contributed by atoms with Gasteiger partial charge >= 0.3 is 0 Å². The summed E-state index contributed by atoms with van der Waals surface area (Å²) in [6.45, 7) is 5.18. The number of nitrogens with zero attached hydrogens (tertiary/aromatic N) is 1. The van der Waals surface area contributed by atoms with Gasteiger partial charge in [0.15, 0.2) is 9.84 Å². The largest absolute Gasteiger partial charge is 0.378 e. The van der Waals surface area contributed by atoms with Crippen molar-refractivity contribution in [1.29, 1.82) is 0 Å². The van der Waals surface area contributed by atoms with Crippen LogP contribution in [0.5, 0.6) is 0 Å². The maximum absolute atomic E-state index is 12.4. The molecule has 1 fully saturated rings. The van der Waals surface area contributed by atoms with Crippen LogP contribution >= 0.6 is 0 Å². The SMILES string of the molecule is CCC1COCCN1CCS(=O)(=O)c1cccc(CN)c1. The van der Waals surface area contributed by atoms with Gasteiger partial charge in [-0.1, -0.05) is 19.1 Å². The zero-order valence-electron chi connectivity index (χ0n) is 12.5. The summed E-state index contributed by atoms with van der Waals surface area (Å²) in [5, 5.41) is 0. The van der Waals surface area contributed by atoms with Gasteiger partial charge in [0.1, 0.15) is 0 Å². The Balaban J connectivity index is 2.03. The van der Waals surface area contributed by atoms with Gasteiger partial charge in [-0.25, -0.2) is 8.42 Å². The van der Waals surface area contributed by atoms with Crippen LogP contribution in [0.15, 0.2) is 29.2 Å². The fourth-order valence-corrected chi connectivity index (χ4v) is 3.91. The molecule has 2 N–H and O–H groups in total. The number of hydrogen-bond donors (Lipinski definition) is 1. The van der Waals surface area contributed by atoms with Crippen molar-refractivity contribution in [1.82, 2.24) is 4.90 Å². The van der Waals surface area contributed by atoms with E-state index in [1.165, 1.54) is 0 Å². The number of morpholine rings is 1. The number of benzene rings is 1. The standard InChI is InChI=1S/C15H24N2O3S/c1-2-14-12-20-8-6-17(14)7-9-21(18,19)15-5-3-4-13(10-15)11-16/h3-5,10,14H,2,6-9,11-12,16H2,1H3. The van der Waals surface area contributed by atoms with Crippen molar-refractivity contribution in [3.63, 3.8) is 0 Å². The number of nitrogens with two attached hydrogens (primary N) is 1. The molecule has 5 nitrogen and oxygen atoms in total. The van der Waals surface area contributed by atoms with Gasteiger partial charge in [-0.15, -0.1) is 0 Å². The number of hydrogen-bond acceptors (Lipinski definition) is 5. The molecule has 0 bridgehead atoms. The molecule has 0 amide bonds. The summed E-state index contributed by atoms with van der Waals surface area (Å²) in [4.78, 5) is 2.58. The van der Waals surface area contributed by atoms with Crippen molar-refractivity contribution in [2.75, 3.05) is 32.1 Å². The van der Waals surface area contributed by atoms with E-state index in [9.17, 15) is 8.42 Å². The lowest BCUT2D eigenvalue weighted by atomic mass is 10.2. The Labute approximate surface area is 127 Å². The first-order valence-electron chi connectivity index (χ1n) is 7.40. The topological polar surface area (TPSA) is 72.6 Å². The molecule has 2 rings (SSSR count). The summed E-state index contributed by atoms with van der Waals surface area (Å²) >= 11 is 0. The smallest absolute Gasteiger partial charge is 0.179 e. The molecule has 6 heteroatoms. The van der Waals surface area contributed by atoms with Crippen LogP contribution in [0.2, 0.25) is 0 Å². The summed E-state index contributed by atoms with van der Waals surface area (Å²) in [7, 11) is -3.26. The molecule has 1 heterocycles. The first-order chi connectivity index (χ1) is 10.1. The molecule has 1 aromatic carbocycles. The highest BCUT2D eigenvalue weighted by atomic mass is 32.2. The Morgan fingerprint density at radius 1 is 1.43 bits per heavy atom. The minimum absolute atomic E-state index is 0.136. The molecule has 0 aromatic heterocycles. The highest BCUT2D eigenvalue weighted by Crippen LogP contribution is 2.15. The number of ether oxygens (including phenoxy) is 1. The lowest BCUT2D eigenvalue weighted by Crippen LogP contribution is -2.46. The zero-order chi connectivity index (χ0) is 15.3. The van der Waals surface area contributed by atoms with E-state index in [1.807, 2.05) is 6.07 Å². The van der Waals surface area contributed by atoms with Crippen LogP contribution in [0, 0.1) is 0 Å². The van der Waals surface area contributed by atoms with E-state index in [4.69, 9.17) is 10.5 Å². The van der Waals surface area contributed by atoms with Crippen LogP contribution in [0.25, 0.3) is 0 Å². The fourth-order valence-electron chi connectivity index (χ4n) is 2.58. The summed E-state index contributed by atoms with van der Waals surface area (Å²) in [5.41, 5.74) is 6.41. The Morgan fingerprint density at radius 2 is 2.24 bits per heavy atom. The van der Waals surface area contributed by atoms with Crippen molar-refractivity contribution >= 4 is 9.84 Å². The van der Waals surface area contributed by atoms with Gasteiger partial charge in [-0.05, 0) is 24.1 Å². The molecule has 118 valence electrons. The molecule has 0 spiro atoms. The Hall–Kier alpha value is -0.950. The van der Waals surface area contributed by atoms with E-state index in [0.29, 0.717) is 37.2 Å². The van der Waals surface area contributed by atoms with E-state index in [1.54, 1.807) is 18.2 Å². The number of rotatable bonds is 6. The van der Waals surface area contributed by atoms with Crippen LogP contribution in [0.4, 0.5) is 0 Å². The minimum atomic E-state index is -3.26. The normalized spacial score (nSPS) is 20.6. The average molecular weight is 312 g/mol. The van der Waals surface area contributed by atoms with Crippen LogP contribution in [-0.4, -0.2) is 51.4 Å². The average Bonchev–Trinajstić information content (AvgIpc) is 2.53. The van der Waals surface area contributed by atoms with Gasteiger partial charge in [-0.3, -0.25) is 4.90 Å². The predicted octanol–water partition coefficient (Wildman–Crippen LogP) is 1.03. The molecule has 1 aliphatic rings. The fraction of sp³-hybridized carbons (Fsp3) is 0.600. The van der Waals surface area contributed by atoms with Gasteiger partial charge in [0.05, 0.1) is 23.9 Å². The maximum Gasteiger partial charge on any atom is 0.179 e. The molecular weight excluding hydrogens is 288 g/mol. The van der Waals surface area contributed by atoms with Crippen LogP contribution < -0.4 is 5.73 Å². The second-order valence-corrected chi connectivity index (χ2v) is 7.45. The lowest BCUT2D eigenvalue weighted by molar-refractivity contribution is -0.00550. The Kier molecular flexibility index (Phi) is 5.75. The quantitative estimate of drug-likeness (QED) is 0.849. The maximum atomic E-state index is 12.4. The van der Waals surface area contributed by atoms with Crippen LogP contribution in [0.3, 0.4) is 0 Å². The van der Waals surface area contributed by atoms with Gasteiger partial charge in [0.25, 0.3) is 0 Å². The van der Waals surface area contributed by atoms with Crippen molar-refractivity contribution < 1.29 is 13.2 Å². The third-order valence-electron chi connectivity index (χ3n) is 3.96. The van der Waals surface area contributed by atoms with E-state index in [-0.39, 0.29) is 5.75 Å². The Morgan fingerprint density at radius 3 is 2.95 bits per heavy atom. The second kappa shape index (κ2) is 7.35. The first kappa shape index (κ1) is 16.4. The first-order valence-corrected chi connectivity index (χ1v) is 9.05. The second-order valence-electron chi connectivity index (χ2n) is 5.34. The third-order valence-corrected chi connectivity index (χ3v) is 5.65. The predicted molar refractivity (Wildman–Crippen MR) is 82.9 cm³/mol. The highest BCUT2D eigenvalue weighted by molar-refractivity contribution is 7.91. The third kappa shape index (κ3) is 4.26. The van der Waals surface area contributed by atoms with E-state index in [2.05, 4.69) is 11.8 Å². The molecule has 21 heavy (non-hydrogen) atoms. The molecule has 0 saturated carbocycles. The van der Waals surface area contributed by atoms with Crippen molar-refractivity contribution in [3.05, 3.63) is 29.8 Å². The molecular formula is C15H24N2O3S. The van der Waals surface area contributed by atoms with Gasteiger partial charge in [0, 0.05) is 25.7 Å². The molecule has 1 unspecified atom stereocenters. The van der Waals surface area contributed by atoms with E-state index < -0.39 is 9.84 Å². The molecule has 0 aliphatic carbocycles. The summed E-state index contributed by atoms with van der Waals surface area (Å²) in [6.07, 6.45) is 0.975. The highest BCUT2D eigenvalue weighted by Gasteiger charge is 2.24. The van der Waals surface area contributed by atoms with Crippen LogP contribution in [0.1, 0.15) is 18.9 Å². The van der Waals surface area contributed by atoms with Crippen molar-refractivity contribution in [2.24, 2.45) is 5.73 Å².